The zero-order chi connectivity index (χ0) is 19.0. The van der Waals surface area contributed by atoms with Crippen LogP contribution in [0.2, 0.25) is 0 Å². The molecule has 1 saturated heterocycles. The summed E-state index contributed by atoms with van der Waals surface area (Å²) in [7, 11) is 0. The molecule has 27 heavy (non-hydrogen) atoms. The summed E-state index contributed by atoms with van der Waals surface area (Å²) in [5.41, 5.74) is 0.885. The summed E-state index contributed by atoms with van der Waals surface area (Å²) < 4.78 is 14.1. The van der Waals surface area contributed by atoms with E-state index in [2.05, 4.69) is 19.2 Å². The molecule has 1 aromatic carbocycles. The molecule has 144 valence electrons. The van der Waals surface area contributed by atoms with E-state index in [1.165, 1.54) is 6.07 Å². The molecule has 1 saturated carbocycles. The van der Waals surface area contributed by atoms with Gasteiger partial charge in [-0.15, -0.1) is 11.3 Å². The number of benzene rings is 1. The lowest BCUT2D eigenvalue weighted by atomic mass is 9.91. The third kappa shape index (κ3) is 3.67. The van der Waals surface area contributed by atoms with Crippen LogP contribution in [0.3, 0.4) is 0 Å². The van der Waals surface area contributed by atoms with Crippen LogP contribution in [-0.2, 0) is 11.3 Å². The van der Waals surface area contributed by atoms with Crippen molar-refractivity contribution in [1.29, 1.82) is 0 Å². The lowest BCUT2D eigenvalue weighted by Gasteiger charge is -2.29. The van der Waals surface area contributed by atoms with Crippen LogP contribution in [0.5, 0.6) is 0 Å². The Morgan fingerprint density at radius 3 is 2.70 bits per heavy atom. The summed E-state index contributed by atoms with van der Waals surface area (Å²) in [5.74, 6) is 0.286. The van der Waals surface area contributed by atoms with E-state index in [-0.39, 0.29) is 23.2 Å². The van der Waals surface area contributed by atoms with Crippen molar-refractivity contribution in [3.05, 3.63) is 47.1 Å². The highest BCUT2D eigenvalue weighted by Crippen LogP contribution is 2.59. The number of carbonyl (C=O) groups excluding carboxylic acids is 1. The molecule has 2 aliphatic rings. The zero-order valence-corrected chi connectivity index (χ0v) is 16.8. The highest BCUT2D eigenvalue weighted by atomic mass is 32.1. The number of hydrogen-bond acceptors (Lipinski definition) is 3. The van der Waals surface area contributed by atoms with Crippen molar-refractivity contribution in [3.8, 4) is 10.4 Å². The summed E-state index contributed by atoms with van der Waals surface area (Å²) in [4.78, 5) is 17.2. The van der Waals surface area contributed by atoms with Gasteiger partial charge in [-0.05, 0) is 69.8 Å². The van der Waals surface area contributed by atoms with Crippen molar-refractivity contribution in [2.75, 3.05) is 13.1 Å². The van der Waals surface area contributed by atoms with Crippen LogP contribution >= 0.6 is 11.3 Å². The molecule has 1 aromatic heterocycles. The topological polar surface area (TPSA) is 32.3 Å². The Labute approximate surface area is 164 Å². The summed E-state index contributed by atoms with van der Waals surface area (Å²) in [6.45, 7) is 6.84. The minimum absolute atomic E-state index is 0.163. The average molecular weight is 387 g/mol. The highest BCUT2D eigenvalue weighted by molar-refractivity contribution is 7.15. The summed E-state index contributed by atoms with van der Waals surface area (Å²) in [6.07, 6.45) is 3.28. The van der Waals surface area contributed by atoms with E-state index >= 15 is 0 Å². The molecule has 2 fully saturated rings. The van der Waals surface area contributed by atoms with E-state index < -0.39 is 0 Å². The van der Waals surface area contributed by atoms with E-state index in [1.807, 2.05) is 23.1 Å². The van der Waals surface area contributed by atoms with Gasteiger partial charge in [0, 0.05) is 27.3 Å². The van der Waals surface area contributed by atoms with Crippen molar-refractivity contribution in [1.82, 2.24) is 10.2 Å². The smallest absolute Gasteiger partial charge is 0.226 e. The first-order valence-corrected chi connectivity index (χ1v) is 10.7. The summed E-state index contributed by atoms with van der Waals surface area (Å²) in [5, 5.41) is 3.40. The molecule has 4 rings (SSSR count). The van der Waals surface area contributed by atoms with Crippen LogP contribution in [0.25, 0.3) is 10.4 Å². The molecule has 1 aliphatic carbocycles. The first-order chi connectivity index (χ1) is 13.0. The van der Waals surface area contributed by atoms with Crippen molar-refractivity contribution in [2.24, 2.45) is 11.3 Å². The van der Waals surface area contributed by atoms with Gasteiger partial charge in [-0.2, -0.15) is 0 Å². The fourth-order valence-corrected chi connectivity index (χ4v) is 5.36. The van der Waals surface area contributed by atoms with E-state index in [0.717, 1.165) is 42.1 Å². The largest absolute Gasteiger partial charge is 0.335 e. The van der Waals surface area contributed by atoms with E-state index in [1.54, 1.807) is 23.5 Å². The van der Waals surface area contributed by atoms with Crippen molar-refractivity contribution in [3.63, 3.8) is 0 Å². The zero-order valence-electron chi connectivity index (χ0n) is 16.0. The Balaban J connectivity index is 1.48. The number of thiophene rings is 1. The van der Waals surface area contributed by atoms with Crippen LogP contribution in [0, 0.1) is 17.2 Å². The second-order valence-corrected chi connectivity index (χ2v) is 9.34. The predicted molar refractivity (Wildman–Crippen MR) is 108 cm³/mol. The monoisotopic (exact) mass is 386 g/mol. The van der Waals surface area contributed by atoms with Crippen molar-refractivity contribution < 1.29 is 9.18 Å². The standard InChI is InChI=1S/C22H27FN2OS/c1-15(2)25(21(26)18-13-22(18)9-11-24-12-10-22)14-16-7-8-20(27-16)17-5-3-4-6-19(17)23/h3-8,15,18,24H,9-14H2,1-2H3. The van der Waals surface area contributed by atoms with Crippen molar-refractivity contribution in [2.45, 2.75) is 45.7 Å². The number of carbonyl (C=O) groups is 1. The maximum atomic E-state index is 14.1. The van der Waals surface area contributed by atoms with Gasteiger partial charge < -0.3 is 10.2 Å². The van der Waals surface area contributed by atoms with E-state index in [0.29, 0.717) is 18.0 Å². The predicted octanol–water partition coefficient (Wildman–Crippen LogP) is 4.68. The summed E-state index contributed by atoms with van der Waals surface area (Å²) >= 11 is 1.58. The lowest BCUT2D eigenvalue weighted by molar-refractivity contribution is -0.136. The molecule has 0 bridgehead atoms. The van der Waals surface area contributed by atoms with Gasteiger partial charge in [0.05, 0.1) is 6.54 Å². The Morgan fingerprint density at radius 2 is 2.00 bits per heavy atom. The molecule has 1 spiro atoms. The minimum Gasteiger partial charge on any atom is -0.335 e. The summed E-state index contributed by atoms with van der Waals surface area (Å²) in [6, 6.07) is 11.0. The van der Waals surface area contributed by atoms with Gasteiger partial charge in [-0.25, -0.2) is 4.39 Å². The fraction of sp³-hybridized carbons (Fsp3) is 0.500. The SMILES string of the molecule is CC(C)N(Cc1ccc(-c2ccccc2F)s1)C(=O)C1CC12CCNCC2. The first-order valence-electron chi connectivity index (χ1n) is 9.85. The van der Waals surface area contributed by atoms with E-state index in [4.69, 9.17) is 0 Å². The number of amides is 1. The van der Waals surface area contributed by atoms with Crippen LogP contribution in [0.1, 0.15) is 38.0 Å². The second kappa shape index (κ2) is 7.36. The van der Waals surface area contributed by atoms with Crippen LogP contribution in [0.15, 0.2) is 36.4 Å². The number of piperidine rings is 1. The Hall–Kier alpha value is -1.72. The molecule has 1 atom stereocenters. The van der Waals surface area contributed by atoms with Gasteiger partial charge in [-0.1, -0.05) is 18.2 Å². The lowest BCUT2D eigenvalue weighted by Crippen LogP contribution is -2.39. The molecule has 3 nitrogen and oxygen atoms in total. The van der Waals surface area contributed by atoms with Gasteiger partial charge in [0.15, 0.2) is 0 Å². The molecule has 5 heteroatoms. The number of halogens is 1. The number of hydrogen-bond donors (Lipinski definition) is 1. The molecule has 1 unspecified atom stereocenters. The third-order valence-electron chi connectivity index (χ3n) is 6.12. The normalized spacial score (nSPS) is 20.8. The Bertz CT molecular complexity index is 825. The third-order valence-corrected chi connectivity index (χ3v) is 7.22. The molecule has 1 amide bonds. The fourth-order valence-electron chi connectivity index (χ4n) is 4.33. The number of nitrogens with zero attached hydrogens (tertiary/aromatic N) is 1. The molecular formula is C22H27FN2OS. The highest BCUT2D eigenvalue weighted by Gasteiger charge is 2.58. The minimum atomic E-state index is -0.200. The van der Waals surface area contributed by atoms with Crippen LogP contribution in [0.4, 0.5) is 4.39 Å². The molecule has 1 N–H and O–H groups in total. The first kappa shape index (κ1) is 18.6. The quantitative estimate of drug-likeness (QED) is 0.809. The van der Waals surface area contributed by atoms with Crippen LogP contribution < -0.4 is 5.32 Å². The Morgan fingerprint density at radius 1 is 1.26 bits per heavy atom. The van der Waals surface area contributed by atoms with E-state index in [9.17, 15) is 9.18 Å². The number of rotatable bonds is 5. The maximum Gasteiger partial charge on any atom is 0.226 e. The second-order valence-electron chi connectivity index (χ2n) is 8.17. The molecular weight excluding hydrogens is 359 g/mol. The molecule has 0 radical (unpaired) electrons. The maximum absolute atomic E-state index is 14.1. The average Bonchev–Trinajstić information content (AvgIpc) is 3.13. The van der Waals surface area contributed by atoms with Gasteiger partial charge >= 0.3 is 0 Å². The number of nitrogens with one attached hydrogen (secondary N) is 1. The van der Waals surface area contributed by atoms with Crippen LogP contribution in [-0.4, -0.2) is 29.9 Å². The van der Waals surface area contributed by atoms with Gasteiger partial charge in [0.25, 0.3) is 0 Å². The van der Waals surface area contributed by atoms with Crippen molar-refractivity contribution >= 4 is 17.2 Å². The Kier molecular flexibility index (Phi) is 5.08. The van der Waals surface area contributed by atoms with Gasteiger partial charge in [0.1, 0.15) is 5.82 Å². The van der Waals surface area contributed by atoms with Gasteiger partial charge in [-0.3, -0.25) is 4.79 Å². The molecule has 1 aliphatic heterocycles. The molecule has 2 heterocycles. The van der Waals surface area contributed by atoms with Gasteiger partial charge in [0.2, 0.25) is 5.91 Å². The molecule has 2 aromatic rings.